The van der Waals surface area contributed by atoms with Crippen LogP contribution in [0.25, 0.3) is 21.9 Å². The molecule has 3 rings (SSSR count). The molecule has 0 amide bonds. The molecule has 0 saturated carbocycles. The van der Waals surface area contributed by atoms with Gasteiger partial charge in [0.25, 0.3) is 5.56 Å². The number of aromatic nitrogens is 1. The Bertz CT molecular complexity index is 1010. The van der Waals surface area contributed by atoms with E-state index in [1.807, 2.05) is 30.3 Å². The van der Waals surface area contributed by atoms with Gasteiger partial charge in [-0.05, 0) is 23.8 Å². The molecule has 1 aromatic heterocycles. The van der Waals surface area contributed by atoms with Crippen LogP contribution < -0.4 is 15.6 Å². The zero-order chi connectivity index (χ0) is 19.6. The quantitative estimate of drug-likeness (QED) is 0.735. The molecule has 0 saturated heterocycles. The summed E-state index contributed by atoms with van der Waals surface area (Å²) in [7, 11) is 3.10. The van der Waals surface area contributed by atoms with Crippen LogP contribution in [0.5, 0.6) is 5.75 Å². The summed E-state index contributed by atoms with van der Waals surface area (Å²) in [6, 6.07) is 14.4. The molecule has 0 atom stereocenters. The van der Waals surface area contributed by atoms with Crippen LogP contribution in [-0.4, -0.2) is 24.4 Å². The van der Waals surface area contributed by atoms with Crippen molar-refractivity contribution in [1.29, 1.82) is 0 Å². The Kier molecular flexibility index (Phi) is 5.23. The number of methoxy groups -OCH3 is 1. The van der Waals surface area contributed by atoms with E-state index in [0.717, 1.165) is 5.56 Å². The number of fused-ring (bicyclic) bond motifs is 1. The van der Waals surface area contributed by atoms with Crippen LogP contribution in [0.2, 0.25) is 0 Å². The van der Waals surface area contributed by atoms with Gasteiger partial charge in [0.05, 0.1) is 13.7 Å². The largest absolute Gasteiger partial charge is 0.497 e. The summed E-state index contributed by atoms with van der Waals surface area (Å²) in [5, 5.41) is 3.53. The normalized spacial score (nSPS) is 11.7. The van der Waals surface area contributed by atoms with Crippen molar-refractivity contribution in [3.05, 3.63) is 64.6 Å². The smallest absolute Gasteiger partial charge is 0.401 e. The van der Waals surface area contributed by atoms with Crippen molar-refractivity contribution in [1.82, 2.24) is 9.88 Å². The molecule has 0 aliphatic carbocycles. The minimum Gasteiger partial charge on any atom is -0.497 e. The molecule has 1 heterocycles. The number of pyridine rings is 1. The minimum atomic E-state index is -4.33. The summed E-state index contributed by atoms with van der Waals surface area (Å²) in [5.74, 6) is 0.571. The van der Waals surface area contributed by atoms with E-state index in [9.17, 15) is 18.0 Å². The first kappa shape index (κ1) is 19.0. The molecule has 27 heavy (non-hydrogen) atoms. The van der Waals surface area contributed by atoms with Crippen LogP contribution in [0.3, 0.4) is 0 Å². The van der Waals surface area contributed by atoms with Crippen LogP contribution in [0.15, 0.2) is 53.3 Å². The first-order chi connectivity index (χ1) is 12.8. The second-order valence-electron chi connectivity index (χ2n) is 6.18. The Balaban J connectivity index is 2.25. The number of rotatable bonds is 5. The molecule has 142 valence electrons. The maximum atomic E-state index is 12.8. The van der Waals surface area contributed by atoms with Crippen molar-refractivity contribution in [3.63, 3.8) is 0 Å². The van der Waals surface area contributed by atoms with Gasteiger partial charge in [-0.25, -0.2) is 0 Å². The van der Waals surface area contributed by atoms with Gasteiger partial charge >= 0.3 is 6.18 Å². The highest BCUT2D eigenvalue weighted by Gasteiger charge is 2.27. The van der Waals surface area contributed by atoms with E-state index >= 15 is 0 Å². The van der Waals surface area contributed by atoms with E-state index in [1.165, 1.54) is 11.7 Å². The maximum Gasteiger partial charge on any atom is 0.401 e. The third-order valence-corrected chi connectivity index (χ3v) is 4.40. The van der Waals surface area contributed by atoms with E-state index in [4.69, 9.17) is 4.74 Å². The number of nitrogens with one attached hydrogen (secondary N) is 1. The summed E-state index contributed by atoms with van der Waals surface area (Å²) in [4.78, 5) is 12.8. The Labute approximate surface area is 154 Å². The van der Waals surface area contributed by atoms with Crippen LogP contribution in [-0.2, 0) is 13.6 Å². The molecule has 0 aliphatic rings. The topological polar surface area (TPSA) is 43.3 Å². The van der Waals surface area contributed by atoms with Crippen LogP contribution >= 0.6 is 0 Å². The highest BCUT2D eigenvalue weighted by atomic mass is 19.4. The average molecular weight is 376 g/mol. The zero-order valence-electron chi connectivity index (χ0n) is 14.9. The van der Waals surface area contributed by atoms with Crippen molar-refractivity contribution >= 4 is 10.8 Å². The lowest BCUT2D eigenvalue weighted by molar-refractivity contribution is -0.125. The number of hydrogen-bond acceptors (Lipinski definition) is 3. The fourth-order valence-electron chi connectivity index (χ4n) is 3.13. The lowest BCUT2D eigenvalue weighted by Gasteiger charge is -2.19. The molecular formula is C20H19F3N2O2. The number of alkyl halides is 3. The molecule has 7 heteroatoms. The van der Waals surface area contributed by atoms with Crippen LogP contribution in [0.4, 0.5) is 13.2 Å². The van der Waals surface area contributed by atoms with E-state index in [1.54, 1.807) is 25.2 Å². The van der Waals surface area contributed by atoms with Crippen molar-refractivity contribution < 1.29 is 17.9 Å². The Morgan fingerprint density at radius 3 is 2.41 bits per heavy atom. The van der Waals surface area contributed by atoms with Crippen LogP contribution in [0, 0.1) is 0 Å². The number of ether oxygens (including phenoxy) is 1. The molecule has 0 spiro atoms. The third kappa shape index (κ3) is 3.98. The standard InChI is InChI=1S/C20H19F3N2O2/c1-25-17(11-24-12-20(21,22)23)18(13-6-4-3-5-7-13)16-10-14(27-2)8-9-15(16)19(25)26/h3-10,24H,11-12H2,1-2H3. The SMILES string of the molecule is COc1ccc2c(=O)n(C)c(CNCC(F)(F)F)c(-c3ccccc3)c2c1. The molecule has 1 N–H and O–H groups in total. The van der Waals surface area contributed by atoms with E-state index in [2.05, 4.69) is 5.32 Å². The van der Waals surface area contributed by atoms with Gasteiger partial charge in [0.15, 0.2) is 0 Å². The Morgan fingerprint density at radius 1 is 1.07 bits per heavy atom. The highest BCUT2D eigenvalue weighted by molar-refractivity contribution is 5.98. The Morgan fingerprint density at radius 2 is 1.78 bits per heavy atom. The molecule has 2 aromatic carbocycles. The predicted molar refractivity (Wildman–Crippen MR) is 98.9 cm³/mol. The number of nitrogens with zero attached hydrogens (tertiary/aromatic N) is 1. The molecular weight excluding hydrogens is 357 g/mol. The average Bonchev–Trinajstić information content (AvgIpc) is 2.65. The second-order valence-corrected chi connectivity index (χ2v) is 6.18. The van der Waals surface area contributed by atoms with Gasteiger partial charge in [0, 0.05) is 35.6 Å². The number of hydrogen-bond donors (Lipinski definition) is 1. The first-order valence-corrected chi connectivity index (χ1v) is 8.34. The van der Waals surface area contributed by atoms with Gasteiger partial charge in [-0.3, -0.25) is 4.79 Å². The zero-order valence-corrected chi connectivity index (χ0v) is 14.9. The van der Waals surface area contributed by atoms with Crippen molar-refractivity contribution in [3.8, 4) is 16.9 Å². The van der Waals surface area contributed by atoms with Crippen molar-refractivity contribution in [2.75, 3.05) is 13.7 Å². The van der Waals surface area contributed by atoms with Gasteiger partial charge in [0.1, 0.15) is 5.75 Å². The van der Waals surface area contributed by atoms with Crippen molar-refractivity contribution in [2.45, 2.75) is 12.7 Å². The van der Waals surface area contributed by atoms with Crippen molar-refractivity contribution in [2.24, 2.45) is 7.05 Å². The van der Waals surface area contributed by atoms with E-state index < -0.39 is 12.7 Å². The molecule has 4 nitrogen and oxygen atoms in total. The maximum absolute atomic E-state index is 12.8. The van der Waals surface area contributed by atoms with Gasteiger partial charge < -0.3 is 14.6 Å². The third-order valence-electron chi connectivity index (χ3n) is 4.40. The summed E-state index contributed by atoms with van der Waals surface area (Å²) < 4.78 is 44.4. The summed E-state index contributed by atoms with van der Waals surface area (Å²) >= 11 is 0. The fraction of sp³-hybridized carbons (Fsp3) is 0.250. The summed E-state index contributed by atoms with van der Waals surface area (Å²) in [5.41, 5.74) is 1.74. The predicted octanol–water partition coefficient (Wildman–Crippen LogP) is 3.87. The van der Waals surface area contributed by atoms with Gasteiger partial charge in [-0.15, -0.1) is 0 Å². The van der Waals surface area contributed by atoms with E-state index in [-0.39, 0.29) is 12.1 Å². The van der Waals surface area contributed by atoms with Crippen LogP contribution in [0.1, 0.15) is 5.69 Å². The molecule has 0 radical (unpaired) electrons. The van der Waals surface area contributed by atoms with Gasteiger partial charge in [-0.1, -0.05) is 30.3 Å². The lowest BCUT2D eigenvalue weighted by atomic mass is 9.96. The highest BCUT2D eigenvalue weighted by Crippen LogP contribution is 2.32. The number of benzene rings is 2. The molecule has 0 unspecified atom stereocenters. The number of halogens is 3. The lowest BCUT2D eigenvalue weighted by Crippen LogP contribution is -2.31. The van der Waals surface area contributed by atoms with E-state index in [0.29, 0.717) is 27.8 Å². The summed E-state index contributed by atoms with van der Waals surface area (Å²) in [6.45, 7) is -1.23. The first-order valence-electron chi connectivity index (χ1n) is 8.34. The summed E-state index contributed by atoms with van der Waals surface area (Å²) in [6.07, 6.45) is -4.33. The second kappa shape index (κ2) is 7.44. The van der Waals surface area contributed by atoms with Gasteiger partial charge in [-0.2, -0.15) is 13.2 Å². The molecule has 0 aliphatic heterocycles. The molecule has 0 fully saturated rings. The molecule has 0 bridgehead atoms. The monoisotopic (exact) mass is 376 g/mol. The molecule has 3 aromatic rings. The Hall–Kier alpha value is -2.80. The van der Waals surface area contributed by atoms with Gasteiger partial charge in [0.2, 0.25) is 0 Å². The minimum absolute atomic E-state index is 0.0946. The fourth-order valence-corrected chi connectivity index (χ4v) is 3.13.